The SMILES string of the molecule is NC(=O)c1ccc(C(F)(F)F)nc1Sc1cccc(O)c1. The number of phenols is 1. The van der Waals surface area contributed by atoms with Crippen LogP contribution in [0.15, 0.2) is 46.3 Å². The standard InChI is InChI=1S/C13H9F3N2O2S/c14-13(15,16)10-5-4-9(11(17)20)12(18-10)21-8-3-1-2-7(19)6-8/h1-6,19H,(H2,17,20). The first-order valence-electron chi connectivity index (χ1n) is 5.62. The van der Waals surface area contributed by atoms with Crippen LogP contribution in [-0.4, -0.2) is 16.0 Å². The summed E-state index contributed by atoms with van der Waals surface area (Å²) >= 11 is 0.815. The molecular formula is C13H9F3N2O2S. The molecule has 0 fully saturated rings. The highest BCUT2D eigenvalue weighted by molar-refractivity contribution is 7.99. The third kappa shape index (κ3) is 3.66. The smallest absolute Gasteiger partial charge is 0.433 e. The molecule has 8 heteroatoms. The number of amides is 1. The molecule has 0 aliphatic carbocycles. The van der Waals surface area contributed by atoms with Gasteiger partial charge in [-0.3, -0.25) is 4.79 Å². The summed E-state index contributed by atoms with van der Waals surface area (Å²) < 4.78 is 38.0. The third-order valence-corrected chi connectivity index (χ3v) is 3.44. The lowest BCUT2D eigenvalue weighted by Crippen LogP contribution is -2.16. The molecule has 4 nitrogen and oxygen atoms in total. The summed E-state index contributed by atoms with van der Waals surface area (Å²) in [6.45, 7) is 0. The lowest BCUT2D eigenvalue weighted by Gasteiger charge is -2.10. The van der Waals surface area contributed by atoms with Gasteiger partial charge in [-0.15, -0.1) is 0 Å². The number of halogens is 3. The number of nitrogens with zero attached hydrogens (tertiary/aromatic N) is 1. The Bertz CT molecular complexity index is 689. The summed E-state index contributed by atoms with van der Waals surface area (Å²) in [5.74, 6) is -0.925. The topological polar surface area (TPSA) is 76.2 Å². The van der Waals surface area contributed by atoms with E-state index in [1.54, 1.807) is 6.07 Å². The van der Waals surface area contributed by atoms with E-state index in [0.717, 1.165) is 17.8 Å². The van der Waals surface area contributed by atoms with Gasteiger partial charge in [0, 0.05) is 4.90 Å². The second kappa shape index (κ2) is 5.65. The van der Waals surface area contributed by atoms with Crippen molar-refractivity contribution in [3.05, 3.63) is 47.7 Å². The van der Waals surface area contributed by atoms with E-state index in [2.05, 4.69) is 4.98 Å². The minimum absolute atomic E-state index is 0.0485. The van der Waals surface area contributed by atoms with Crippen molar-refractivity contribution in [3.8, 4) is 5.75 Å². The molecule has 2 aromatic rings. The monoisotopic (exact) mass is 314 g/mol. The molecule has 0 saturated heterocycles. The zero-order chi connectivity index (χ0) is 15.6. The number of phenolic OH excluding ortho intramolecular Hbond substituents is 1. The minimum atomic E-state index is -4.62. The van der Waals surface area contributed by atoms with E-state index in [0.29, 0.717) is 11.0 Å². The van der Waals surface area contributed by atoms with Crippen molar-refractivity contribution in [2.45, 2.75) is 16.1 Å². The van der Waals surface area contributed by atoms with E-state index in [9.17, 15) is 23.1 Å². The predicted octanol–water partition coefficient (Wildman–Crippen LogP) is 3.06. The van der Waals surface area contributed by atoms with Gasteiger partial charge >= 0.3 is 6.18 Å². The molecule has 110 valence electrons. The fourth-order valence-electron chi connectivity index (χ4n) is 1.52. The molecule has 0 bridgehead atoms. The molecule has 1 amide bonds. The summed E-state index contributed by atoms with van der Waals surface area (Å²) in [6, 6.07) is 7.54. The molecule has 1 aromatic carbocycles. The number of carbonyl (C=O) groups is 1. The Balaban J connectivity index is 2.46. The number of carbonyl (C=O) groups excluding carboxylic acids is 1. The number of rotatable bonds is 3. The second-order valence-electron chi connectivity index (χ2n) is 4.01. The van der Waals surface area contributed by atoms with Crippen molar-refractivity contribution in [1.82, 2.24) is 4.98 Å². The molecule has 1 aromatic heterocycles. The van der Waals surface area contributed by atoms with Gasteiger partial charge in [-0.05, 0) is 30.3 Å². The number of aromatic nitrogens is 1. The van der Waals surface area contributed by atoms with Gasteiger partial charge in [0.15, 0.2) is 0 Å². The van der Waals surface area contributed by atoms with Crippen molar-refractivity contribution in [1.29, 1.82) is 0 Å². The molecule has 0 atom stereocenters. The van der Waals surface area contributed by atoms with Crippen LogP contribution in [0, 0.1) is 0 Å². The van der Waals surface area contributed by atoms with Gasteiger partial charge in [-0.25, -0.2) is 4.98 Å². The highest BCUT2D eigenvalue weighted by atomic mass is 32.2. The first-order chi connectivity index (χ1) is 9.77. The number of benzene rings is 1. The van der Waals surface area contributed by atoms with Crippen LogP contribution < -0.4 is 5.73 Å². The maximum absolute atomic E-state index is 12.7. The molecule has 1 heterocycles. The van der Waals surface area contributed by atoms with Gasteiger partial charge < -0.3 is 10.8 Å². The summed E-state index contributed by atoms with van der Waals surface area (Å²) in [4.78, 5) is 15.2. The van der Waals surface area contributed by atoms with Crippen LogP contribution in [-0.2, 0) is 6.18 Å². The Hall–Kier alpha value is -2.22. The molecule has 0 aliphatic rings. The van der Waals surface area contributed by atoms with Gasteiger partial charge in [-0.2, -0.15) is 13.2 Å². The molecule has 0 spiro atoms. The molecular weight excluding hydrogens is 305 g/mol. The molecule has 3 N–H and O–H groups in total. The first kappa shape index (κ1) is 15.2. The van der Waals surface area contributed by atoms with Crippen molar-refractivity contribution >= 4 is 17.7 Å². The molecule has 0 unspecified atom stereocenters. The van der Waals surface area contributed by atoms with E-state index >= 15 is 0 Å². The van der Waals surface area contributed by atoms with Crippen LogP contribution in [0.5, 0.6) is 5.75 Å². The minimum Gasteiger partial charge on any atom is -0.508 e. The molecule has 2 rings (SSSR count). The van der Waals surface area contributed by atoms with Gasteiger partial charge in [0.05, 0.1) is 5.56 Å². The number of hydrogen-bond acceptors (Lipinski definition) is 4. The highest BCUT2D eigenvalue weighted by Gasteiger charge is 2.33. The number of hydrogen-bond donors (Lipinski definition) is 2. The van der Waals surface area contributed by atoms with Crippen molar-refractivity contribution < 1.29 is 23.1 Å². The fourth-order valence-corrected chi connectivity index (χ4v) is 2.49. The number of pyridine rings is 1. The highest BCUT2D eigenvalue weighted by Crippen LogP contribution is 2.34. The number of nitrogens with two attached hydrogens (primary N) is 1. The molecule has 0 aliphatic heterocycles. The van der Waals surface area contributed by atoms with Gasteiger partial charge in [0.1, 0.15) is 16.5 Å². The van der Waals surface area contributed by atoms with Crippen molar-refractivity contribution in [2.75, 3.05) is 0 Å². The van der Waals surface area contributed by atoms with Crippen LogP contribution in [0.1, 0.15) is 16.1 Å². The average Bonchev–Trinajstić information content (AvgIpc) is 2.37. The maximum atomic E-state index is 12.7. The molecule has 0 saturated carbocycles. The first-order valence-corrected chi connectivity index (χ1v) is 6.44. The lowest BCUT2D eigenvalue weighted by atomic mass is 10.2. The van der Waals surface area contributed by atoms with Crippen LogP contribution in [0.4, 0.5) is 13.2 Å². The maximum Gasteiger partial charge on any atom is 0.433 e. The second-order valence-corrected chi connectivity index (χ2v) is 5.07. The van der Waals surface area contributed by atoms with E-state index in [-0.39, 0.29) is 16.3 Å². The Kier molecular flexibility index (Phi) is 4.08. The quantitative estimate of drug-likeness (QED) is 0.913. The Morgan fingerprint density at radius 3 is 2.52 bits per heavy atom. The van der Waals surface area contributed by atoms with Crippen LogP contribution >= 0.6 is 11.8 Å². The summed E-state index contributed by atoms with van der Waals surface area (Å²) in [5.41, 5.74) is 3.90. The van der Waals surface area contributed by atoms with E-state index < -0.39 is 17.8 Å². The van der Waals surface area contributed by atoms with Gasteiger partial charge in [0.2, 0.25) is 0 Å². The normalized spacial score (nSPS) is 11.4. The van der Waals surface area contributed by atoms with E-state index in [1.165, 1.54) is 18.2 Å². The Morgan fingerprint density at radius 1 is 1.24 bits per heavy atom. The number of primary amides is 1. The third-order valence-electron chi connectivity index (χ3n) is 2.45. The Labute approximate surface area is 121 Å². The zero-order valence-electron chi connectivity index (χ0n) is 10.4. The van der Waals surface area contributed by atoms with E-state index in [4.69, 9.17) is 5.73 Å². The largest absolute Gasteiger partial charge is 0.508 e. The van der Waals surface area contributed by atoms with Gasteiger partial charge in [-0.1, -0.05) is 17.8 Å². The van der Waals surface area contributed by atoms with E-state index in [1.807, 2.05) is 0 Å². The van der Waals surface area contributed by atoms with Crippen LogP contribution in [0.3, 0.4) is 0 Å². The van der Waals surface area contributed by atoms with Gasteiger partial charge in [0.25, 0.3) is 5.91 Å². The Morgan fingerprint density at radius 2 is 1.95 bits per heavy atom. The zero-order valence-corrected chi connectivity index (χ0v) is 11.2. The molecule has 0 radical (unpaired) electrons. The average molecular weight is 314 g/mol. The fraction of sp³-hybridized carbons (Fsp3) is 0.0769. The molecule has 21 heavy (non-hydrogen) atoms. The number of alkyl halides is 3. The van der Waals surface area contributed by atoms with Crippen LogP contribution in [0.2, 0.25) is 0 Å². The summed E-state index contributed by atoms with van der Waals surface area (Å²) in [5, 5.41) is 9.18. The predicted molar refractivity (Wildman–Crippen MR) is 70.0 cm³/mol. The summed E-state index contributed by atoms with van der Waals surface area (Å²) in [7, 11) is 0. The summed E-state index contributed by atoms with van der Waals surface area (Å²) in [6.07, 6.45) is -4.62. The van der Waals surface area contributed by atoms with Crippen LogP contribution in [0.25, 0.3) is 0 Å². The van der Waals surface area contributed by atoms with Crippen molar-refractivity contribution in [2.24, 2.45) is 5.73 Å². The lowest BCUT2D eigenvalue weighted by molar-refractivity contribution is -0.141. The number of aromatic hydroxyl groups is 1. The van der Waals surface area contributed by atoms with Crippen molar-refractivity contribution in [3.63, 3.8) is 0 Å².